The monoisotopic (exact) mass is 433 g/mol. The van der Waals surface area contributed by atoms with E-state index in [-0.39, 0.29) is 35.2 Å². The van der Waals surface area contributed by atoms with E-state index in [9.17, 15) is 13.2 Å². The van der Waals surface area contributed by atoms with Gasteiger partial charge in [-0.2, -0.15) is 4.31 Å². The zero-order valence-corrected chi connectivity index (χ0v) is 17.6. The lowest BCUT2D eigenvalue weighted by Crippen LogP contribution is -2.43. The van der Waals surface area contributed by atoms with Crippen LogP contribution in [0, 0.1) is 5.92 Å². The quantitative estimate of drug-likeness (QED) is 0.695. The molecule has 1 saturated heterocycles. The highest BCUT2D eigenvalue weighted by atomic mass is 35.5. The number of nitrogens with two attached hydrogens (primary N) is 1. The van der Waals surface area contributed by atoms with Gasteiger partial charge in [0.05, 0.1) is 4.90 Å². The minimum Gasteiger partial charge on any atom is -0.486 e. The number of amides is 1. The number of fused-ring (bicyclic) bond motifs is 1. The number of rotatable bonds is 6. The summed E-state index contributed by atoms with van der Waals surface area (Å²) in [6.45, 7) is 3.95. The van der Waals surface area contributed by atoms with Crippen LogP contribution in [0.4, 0.5) is 0 Å². The van der Waals surface area contributed by atoms with Crippen LogP contribution in [-0.2, 0) is 14.8 Å². The van der Waals surface area contributed by atoms with Crippen molar-refractivity contribution in [3.05, 3.63) is 18.2 Å². The van der Waals surface area contributed by atoms with E-state index in [1.54, 1.807) is 6.07 Å². The van der Waals surface area contributed by atoms with E-state index < -0.39 is 10.0 Å². The first kappa shape index (κ1) is 22.7. The Morgan fingerprint density at radius 1 is 1.25 bits per heavy atom. The van der Waals surface area contributed by atoms with E-state index in [1.807, 2.05) is 6.92 Å². The largest absolute Gasteiger partial charge is 0.486 e. The smallest absolute Gasteiger partial charge is 0.243 e. The maximum absolute atomic E-state index is 12.9. The molecule has 1 fully saturated rings. The molecule has 10 heteroatoms. The van der Waals surface area contributed by atoms with E-state index in [1.165, 1.54) is 16.4 Å². The third kappa shape index (κ3) is 5.28. The zero-order chi connectivity index (χ0) is 19.4. The van der Waals surface area contributed by atoms with E-state index in [0.717, 1.165) is 6.42 Å². The summed E-state index contributed by atoms with van der Waals surface area (Å²) in [6.07, 6.45) is 1.74. The highest BCUT2D eigenvalue weighted by molar-refractivity contribution is 7.89. The highest BCUT2D eigenvalue weighted by Crippen LogP contribution is 2.34. The first-order chi connectivity index (χ1) is 12.9. The second kappa shape index (κ2) is 9.78. The summed E-state index contributed by atoms with van der Waals surface area (Å²) in [6, 6.07) is 4.72. The summed E-state index contributed by atoms with van der Waals surface area (Å²) in [5, 5.41) is 2.89. The summed E-state index contributed by atoms with van der Waals surface area (Å²) in [5.74, 6) is 0.824. The number of carbonyl (C=O) groups is 1. The van der Waals surface area contributed by atoms with Gasteiger partial charge in [-0.05, 0) is 38.3 Å². The van der Waals surface area contributed by atoms with Crippen molar-refractivity contribution in [1.29, 1.82) is 0 Å². The van der Waals surface area contributed by atoms with Gasteiger partial charge in [-0.25, -0.2) is 8.42 Å². The Hall–Kier alpha value is -1.55. The predicted octanol–water partition coefficient (Wildman–Crippen LogP) is 1.13. The number of nitrogens with one attached hydrogen (secondary N) is 1. The Labute approximate surface area is 172 Å². The average Bonchev–Trinajstić information content (AvgIpc) is 2.67. The Morgan fingerprint density at radius 3 is 2.54 bits per heavy atom. The number of halogens is 1. The molecule has 1 amide bonds. The van der Waals surface area contributed by atoms with Gasteiger partial charge < -0.3 is 20.5 Å². The van der Waals surface area contributed by atoms with Crippen molar-refractivity contribution in [2.75, 3.05) is 32.8 Å². The van der Waals surface area contributed by atoms with Crippen molar-refractivity contribution < 1.29 is 22.7 Å². The number of sulfonamides is 1. The lowest BCUT2D eigenvalue weighted by atomic mass is 9.97. The van der Waals surface area contributed by atoms with Crippen LogP contribution >= 0.6 is 12.4 Å². The summed E-state index contributed by atoms with van der Waals surface area (Å²) in [5.41, 5.74) is 5.68. The van der Waals surface area contributed by atoms with Gasteiger partial charge in [0.15, 0.2) is 11.5 Å². The summed E-state index contributed by atoms with van der Waals surface area (Å²) in [7, 11) is -3.62. The molecule has 158 valence electrons. The molecule has 0 saturated carbocycles. The molecule has 1 unspecified atom stereocenters. The number of piperidine rings is 1. The second-order valence-electron chi connectivity index (χ2n) is 7.04. The molecule has 0 bridgehead atoms. The van der Waals surface area contributed by atoms with Crippen LogP contribution in [0.15, 0.2) is 23.1 Å². The van der Waals surface area contributed by atoms with Crippen LogP contribution in [0.3, 0.4) is 0 Å². The van der Waals surface area contributed by atoms with Gasteiger partial charge in [-0.1, -0.05) is 0 Å². The molecule has 1 aromatic carbocycles. The molecule has 8 nitrogen and oxygen atoms in total. The fraction of sp³-hybridized carbons (Fsp3) is 0.611. The van der Waals surface area contributed by atoms with E-state index in [4.69, 9.17) is 15.2 Å². The zero-order valence-electron chi connectivity index (χ0n) is 15.9. The molecule has 2 aliphatic heterocycles. The van der Waals surface area contributed by atoms with E-state index in [2.05, 4.69) is 5.32 Å². The van der Waals surface area contributed by atoms with Crippen molar-refractivity contribution in [3.63, 3.8) is 0 Å². The molecule has 3 rings (SSSR count). The maximum atomic E-state index is 12.9. The number of ether oxygens (including phenoxy) is 2. The lowest BCUT2D eigenvalue weighted by molar-refractivity contribution is -0.126. The van der Waals surface area contributed by atoms with E-state index in [0.29, 0.717) is 57.2 Å². The molecule has 0 radical (unpaired) electrons. The Bertz CT molecular complexity index is 779. The first-order valence-electron chi connectivity index (χ1n) is 9.31. The molecular formula is C18H28ClN3O5S. The summed E-state index contributed by atoms with van der Waals surface area (Å²) < 4.78 is 38.2. The van der Waals surface area contributed by atoms with Gasteiger partial charge >= 0.3 is 0 Å². The number of hydrogen-bond acceptors (Lipinski definition) is 6. The van der Waals surface area contributed by atoms with Crippen molar-refractivity contribution in [2.45, 2.75) is 37.1 Å². The van der Waals surface area contributed by atoms with Crippen LogP contribution in [-0.4, -0.2) is 57.5 Å². The van der Waals surface area contributed by atoms with Gasteiger partial charge in [0, 0.05) is 37.7 Å². The molecule has 1 aromatic rings. The minimum absolute atomic E-state index is 0. The topological polar surface area (TPSA) is 111 Å². The van der Waals surface area contributed by atoms with Crippen molar-refractivity contribution >= 4 is 28.3 Å². The van der Waals surface area contributed by atoms with Crippen molar-refractivity contribution in [2.24, 2.45) is 11.7 Å². The van der Waals surface area contributed by atoms with E-state index >= 15 is 0 Å². The number of hydrogen-bond donors (Lipinski definition) is 2. The molecule has 0 aromatic heterocycles. The third-order valence-electron chi connectivity index (χ3n) is 4.88. The lowest BCUT2D eigenvalue weighted by Gasteiger charge is -2.31. The molecule has 28 heavy (non-hydrogen) atoms. The standard InChI is InChI=1S/C18H27N3O5S.ClH/c1-13(19)4-7-20-18(22)14-5-8-21(9-6-14)27(23,24)15-2-3-16-17(12-15)26-11-10-25-16;/h2-3,12-14H,4-11,19H2,1H3,(H,20,22);1H. The van der Waals surface area contributed by atoms with Crippen LogP contribution in [0.5, 0.6) is 11.5 Å². The fourth-order valence-electron chi connectivity index (χ4n) is 3.26. The normalized spacial score (nSPS) is 18.8. The summed E-state index contributed by atoms with van der Waals surface area (Å²) in [4.78, 5) is 12.4. The van der Waals surface area contributed by atoms with Crippen LogP contribution in [0.25, 0.3) is 0 Å². The maximum Gasteiger partial charge on any atom is 0.243 e. The average molecular weight is 434 g/mol. The van der Waals surface area contributed by atoms with Gasteiger partial charge in [-0.15, -0.1) is 12.4 Å². The van der Waals surface area contributed by atoms with Gasteiger partial charge in [-0.3, -0.25) is 4.79 Å². The molecule has 2 heterocycles. The van der Waals surface area contributed by atoms with Gasteiger partial charge in [0.2, 0.25) is 15.9 Å². The third-order valence-corrected chi connectivity index (χ3v) is 6.77. The molecule has 0 spiro atoms. The fourth-order valence-corrected chi connectivity index (χ4v) is 4.74. The van der Waals surface area contributed by atoms with Crippen LogP contribution in [0.2, 0.25) is 0 Å². The predicted molar refractivity (Wildman–Crippen MR) is 107 cm³/mol. The molecule has 1 atom stereocenters. The van der Waals surface area contributed by atoms with Crippen molar-refractivity contribution in [3.8, 4) is 11.5 Å². The summed E-state index contributed by atoms with van der Waals surface area (Å²) >= 11 is 0. The number of benzene rings is 1. The Kier molecular flexibility index (Phi) is 7.94. The SMILES string of the molecule is CC(N)CCNC(=O)C1CCN(S(=O)(=O)c2ccc3c(c2)OCCO3)CC1.Cl. The second-order valence-corrected chi connectivity index (χ2v) is 8.98. The Morgan fingerprint density at radius 2 is 1.89 bits per heavy atom. The van der Waals surface area contributed by atoms with Crippen molar-refractivity contribution in [1.82, 2.24) is 9.62 Å². The minimum atomic E-state index is -3.62. The van der Waals surface area contributed by atoms with Crippen LogP contribution in [0.1, 0.15) is 26.2 Å². The van der Waals surface area contributed by atoms with Crippen LogP contribution < -0.4 is 20.5 Å². The first-order valence-corrected chi connectivity index (χ1v) is 10.7. The Balaban J connectivity index is 0.00000280. The number of carbonyl (C=O) groups excluding carboxylic acids is 1. The highest BCUT2D eigenvalue weighted by Gasteiger charge is 2.32. The van der Waals surface area contributed by atoms with Gasteiger partial charge in [0.25, 0.3) is 0 Å². The molecule has 2 aliphatic rings. The molecular weight excluding hydrogens is 406 g/mol. The number of nitrogens with zero attached hydrogens (tertiary/aromatic N) is 1. The molecule has 0 aliphatic carbocycles. The molecule has 3 N–H and O–H groups in total. The van der Waals surface area contributed by atoms with Gasteiger partial charge in [0.1, 0.15) is 13.2 Å².